The van der Waals surface area contributed by atoms with E-state index in [4.69, 9.17) is 14.6 Å². The lowest BCUT2D eigenvalue weighted by Crippen LogP contribution is -2.49. The van der Waals surface area contributed by atoms with Crippen LogP contribution in [0.1, 0.15) is 19.8 Å². The number of rotatable bonds is 4. The number of allylic oxidation sites excluding steroid dienone is 2. The number of aliphatic carboxylic acids is 1. The largest absolute Gasteiger partial charge is 0.481 e. The molecule has 0 spiro atoms. The Bertz CT molecular complexity index is 485. The van der Waals surface area contributed by atoms with Crippen molar-refractivity contribution in [3.63, 3.8) is 0 Å². The summed E-state index contributed by atoms with van der Waals surface area (Å²) in [5.41, 5.74) is 0.974. The van der Waals surface area contributed by atoms with Crippen LogP contribution in [-0.2, 0) is 14.3 Å². The van der Waals surface area contributed by atoms with Crippen molar-refractivity contribution in [3.05, 3.63) is 23.8 Å². The lowest BCUT2D eigenvalue weighted by molar-refractivity contribution is -0.145. The normalized spacial score (nSPS) is 28.2. The molecule has 2 unspecified atom stereocenters. The zero-order valence-electron chi connectivity index (χ0n) is 13.0. The highest BCUT2D eigenvalue weighted by atomic mass is 16.6. The summed E-state index contributed by atoms with van der Waals surface area (Å²) in [7, 11) is 1.53. The van der Waals surface area contributed by atoms with Crippen LogP contribution in [0.3, 0.4) is 0 Å². The van der Waals surface area contributed by atoms with Crippen LogP contribution in [0.2, 0.25) is 0 Å². The third kappa shape index (κ3) is 4.34. The Morgan fingerprint density at radius 1 is 1.41 bits per heavy atom. The smallest absolute Gasteiger partial charge is 0.410 e. The number of hydrogen-bond acceptors (Lipinski definition) is 4. The number of ether oxygens (including phenoxy) is 2. The van der Waals surface area contributed by atoms with Gasteiger partial charge in [0.1, 0.15) is 6.61 Å². The summed E-state index contributed by atoms with van der Waals surface area (Å²) in [6.45, 7) is 2.87. The van der Waals surface area contributed by atoms with E-state index >= 15 is 0 Å². The summed E-state index contributed by atoms with van der Waals surface area (Å²) >= 11 is 0. The van der Waals surface area contributed by atoms with Gasteiger partial charge in [-0.25, -0.2) is 4.79 Å². The molecule has 2 aliphatic rings. The molecule has 1 amide bonds. The molecule has 6 heteroatoms. The fraction of sp³-hybridized carbons (Fsp3) is 0.625. The SMILES string of the molecule is CO[C@H]1CC(C(=O)O)CN(C(=O)OCC2=CCC(C)C=C2)C1. The number of carbonyl (C=O) groups is 2. The quantitative estimate of drug-likeness (QED) is 0.860. The number of amides is 1. The van der Waals surface area contributed by atoms with Crippen molar-refractivity contribution in [2.75, 3.05) is 26.8 Å². The van der Waals surface area contributed by atoms with Gasteiger partial charge in [0, 0.05) is 13.7 Å². The second kappa shape index (κ2) is 7.45. The van der Waals surface area contributed by atoms with Gasteiger partial charge < -0.3 is 19.5 Å². The molecule has 0 bridgehead atoms. The van der Waals surface area contributed by atoms with E-state index in [9.17, 15) is 9.59 Å². The van der Waals surface area contributed by atoms with Gasteiger partial charge in [0.05, 0.1) is 18.6 Å². The molecule has 0 saturated carbocycles. The van der Waals surface area contributed by atoms with E-state index in [1.165, 1.54) is 12.0 Å². The second-order valence-electron chi connectivity index (χ2n) is 5.94. The summed E-state index contributed by atoms with van der Waals surface area (Å²) in [5.74, 6) is -1.01. The predicted octanol–water partition coefficient (Wildman–Crippen LogP) is 2.07. The number of hydrogen-bond donors (Lipinski definition) is 1. The summed E-state index contributed by atoms with van der Waals surface area (Å²) in [5, 5.41) is 9.16. The average Bonchev–Trinajstić information content (AvgIpc) is 2.53. The van der Waals surface area contributed by atoms with Crippen LogP contribution < -0.4 is 0 Å². The van der Waals surface area contributed by atoms with Gasteiger partial charge in [-0.15, -0.1) is 0 Å². The Kier molecular flexibility index (Phi) is 5.60. The molecule has 122 valence electrons. The molecule has 0 aromatic carbocycles. The van der Waals surface area contributed by atoms with E-state index in [2.05, 4.69) is 19.1 Å². The summed E-state index contributed by atoms with van der Waals surface area (Å²) < 4.78 is 10.5. The molecule has 22 heavy (non-hydrogen) atoms. The molecule has 3 atom stereocenters. The van der Waals surface area contributed by atoms with Crippen molar-refractivity contribution in [1.82, 2.24) is 4.90 Å². The van der Waals surface area contributed by atoms with Crippen LogP contribution in [0, 0.1) is 11.8 Å². The third-order valence-corrected chi connectivity index (χ3v) is 4.11. The zero-order valence-corrected chi connectivity index (χ0v) is 13.0. The summed E-state index contributed by atoms with van der Waals surface area (Å²) in [6, 6.07) is 0. The topological polar surface area (TPSA) is 76.1 Å². The van der Waals surface area contributed by atoms with E-state index < -0.39 is 18.0 Å². The van der Waals surface area contributed by atoms with Crippen molar-refractivity contribution < 1.29 is 24.2 Å². The molecular formula is C16H23NO5. The van der Waals surface area contributed by atoms with E-state index in [0.29, 0.717) is 18.9 Å². The maximum Gasteiger partial charge on any atom is 0.410 e. The second-order valence-corrected chi connectivity index (χ2v) is 5.94. The fourth-order valence-electron chi connectivity index (χ4n) is 2.67. The van der Waals surface area contributed by atoms with Crippen LogP contribution in [0.5, 0.6) is 0 Å². The van der Waals surface area contributed by atoms with Gasteiger partial charge in [-0.2, -0.15) is 0 Å². The van der Waals surface area contributed by atoms with Crippen LogP contribution >= 0.6 is 0 Å². The molecule has 2 rings (SSSR count). The molecule has 1 fully saturated rings. The first-order valence-electron chi connectivity index (χ1n) is 7.54. The Morgan fingerprint density at radius 3 is 2.77 bits per heavy atom. The third-order valence-electron chi connectivity index (χ3n) is 4.11. The number of carboxylic acid groups (broad SMARTS) is 1. The highest BCUT2D eigenvalue weighted by Gasteiger charge is 2.34. The minimum absolute atomic E-state index is 0.167. The van der Waals surface area contributed by atoms with Gasteiger partial charge in [-0.05, 0) is 24.3 Å². The Morgan fingerprint density at radius 2 is 2.18 bits per heavy atom. The van der Waals surface area contributed by atoms with Gasteiger partial charge >= 0.3 is 12.1 Å². The first-order chi connectivity index (χ1) is 10.5. The van der Waals surface area contributed by atoms with E-state index in [-0.39, 0.29) is 19.3 Å². The van der Waals surface area contributed by atoms with Crippen molar-refractivity contribution in [2.45, 2.75) is 25.9 Å². The fourth-order valence-corrected chi connectivity index (χ4v) is 2.67. The van der Waals surface area contributed by atoms with Crippen LogP contribution in [0.4, 0.5) is 4.79 Å². The monoisotopic (exact) mass is 309 g/mol. The number of methoxy groups -OCH3 is 1. The number of carboxylic acids is 1. The molecule has 1 N–H and O–H groups in total. The zero-order chi connectivity index (χ0) is 16.1. The van der Waals surface area contributed by atoms with Gasteiger partial charge in [0.2, 0.25) is 0 Å². The minimum atomic E-state index is -0.911. The van der Waals surface area contributed by atoms with Gasteiger partial charge in [0.15, 0.2) is 0 Å². The standard InChI is InChI=1S/C16H23NO5/c1-11-3-5-12(6-4-11)10-22-16(20)17-8-13(15(18)19)7-14(9-17)21-2/h3,5-6,11,13-14H,4,7-10H2,1-2H3,(H,18,19)/t11?,13?,14-/m0/s1. The maximum atomic E-state index is 12.1. The van der Waals surface area contributed by atoms with Crippen molar-refractivity contribution in [3.8, 4) is 0 Å². The van der Waals surface area contributed by atoms with Gasteiger partial charge in [-0.1, -0.05) is 25.2 Å². The first kappa shape index (κ1) is 16.5. The van der Waals surface area contributed by atoms with Crippen molar-refractivity contribution >= 4 is 12.1 Å². The van der Waals surface area contributed by atoms with E-state index in [1.54, 1.807) is 0 Å². The van der Waals surface area contributed by atoms with Crippen LogP contribution in [-0.4, -0.2) is 55.0 Å². The number of likely N-dealkylation sites (tertiary alicyclic amines) is 1. The van der Waals surface area contributed by atoms with Crippen molar-refractivity contribution in [1.29, 1.82) is 0 Å². The lowest BCUT2D eigenvalue weighted by atomic mass is 9.96. The molecular weight excluding hydrogens is 286 g/mol. The van der Waals surface area contributed by atoms with Gasteiger partial charge in [-0.3, -0.25) is 4.79 Å². The molecule has 0 aromatic rings. The Labute approximate surface area is 130 Å². The highest BCUT2D eigenvalue weighted by Crippen LogP contribution is 2.21. The van der Waals surface area contributed by atoms with E-state index in [1.807, 2.05) is 6.08 Å². The summed E-state index contributed by atoms with van der Waals surface area (Å²) in [4.78, 5) is 24.7. The lowest BCUT2D eigenvalue weighted by Gasteiger charge is -2.34. The summed E-state index contributed by atoms with van der Waals surface area (Å²) in [6.07, 6.45) is 6.73. The molecule has 1 saturated heterocycles. The Balaban J connectivity index is 1.88. The Hall–Kier alpha value is -1.82. The predicted molar refractivity (Wildman–Crippen MR) is 80.5 cm³/mol. The first-order valence-corrected chi connectivity index (χ1v) is 7.54. The molecule has 1 aliphatic heterocycles. The van der Waals surface area contributed by atoms with Gasteiger partial charge in [0.25, 0.3) is 0 Å². The highest BCUT2D eigenvalue weighted by molar-refractivity contribution is 5.73. The van der Waals surface area contributed by atoms with Crippen LogP contribution in [0.25, 0.3) is 0 Å². The minimum Gasteiger partial charge on any atom is -0.481 e. The molecule has 1 aliphatic carbocycles. The number of carbonyl (C=O) groups excluding carboxylic acids is 1. The number of piperidine rings is 1. The average molecular weight is 309 g/mol. The molecule has 0 radical (unpaired) electrons. The van der Waals surface area contributed by atoms with Crippen LogP contribution in [0.15, 0.2) is 23.8 Å². The number of nitrogens with zero attached hydrogens (tertiary/aromatic N) is 1. The van der Waals surface area contributed by atoms with Crippen molar-refractivity contribution in [2.24, 2.45) is 11.8 Å². The molecule has 0 aromatic heterocycles. The maximum absolute atomic E-state index is 12.1. The molecule has 6 nitrogen and oxygen atoms in total. The van der Waals surface area contributed by atoms with E-state index in [0.717, 1.165) is 12.0 Å². The molecule has 1 heterocycles.